The van der Waals surface area contributed by atoms with Crippen molar-refractivity contribution < 1.29 is 17.6 Å². The summed E-state index contributed by atoms with van der Waals surface area (Å²) in [5.41, 5.74) is 1.58. The molecule has 3 rings (SSSR count). The Kier molecular flexibility index (Phi) is 5.92. The number of hydrogen-bond acceptors (Lipinski definition) is 3. The van der Waals surface area contributed by atoms with Gasteiger partial charge in [-0.15, -0.1) is 12.4 Å². The Labute approximate surface area is 148 Å². The van der Waals surface area contributed by atoms with E-state index in [0.717, 1.165) is 29.2 Å². The summed E-state index contributed by atoms with van der Waals surface area (Å²) in [4.78, 5) is 0. The highest BCUT2D eigenvalue weighted by atomic mass is 35.5. The van der Waals surface area contributed by atoms with Gasteiger partial charge in [0, 0.05) is 18.7 Å². The molecular weight excluding hydrogens is 355 g/mol. The van der Waals surface area contributed by atoms with E-state index < -0.39 is 11.7 Å². The first-order valence-electron chi connectivity index (χ1n) is 7.39. The van der Waals surface area contributed by atoms with Gasteiger partial charge < -0.3 is 9.73 Å². The summed E-state index contributed by atoms with van der Waals surface area (Å²) in [5.74, 6) is 1.48. The molecule has 2 heterocycles. The van der Waals surface area contributed by atoms with E-state index in [1.165, 1.54) is 6.07 Å². The zero-order valence-corrected chi connectivity index (χ0v) is 14.2. The third-order valence-electron chi connectivity index (χ3n) is 3.60. The van der Waals surface area contributed by atoms with Crippen LogP contribution in [-0.4, -0.2) is 10.2 Å². The summed E-state index contributed by atoms with van der Waals surface area (Å²) >= 11 is 0. The Morgan fingerprint density at radius 1 is 1.16 bits per heavy atom. The van der Waals surface area contributed by atoms with Gasteiger partial charge in [0.15, 0.2) is 5.76 Å². The Morgan fingerprint density at radius 3 is 2.64 bits per heavy atom. The summed E-state index contributed by atoms with van der Waals surface area (Å²) in [6.45, 7) is 2.64. The van der Waals surface area contributed by atoms with Gasteiger partial charge in [0.05, 0.1) is 11.8 Å². The molecule has 0 aliphatic carbocycles. The minimum Gasteiger partial charge on any atom is -0.460 e. The molecule has 2 aromatic heterocycles. The van der Waals surface area contributed by atoms with E-state index in [0.29, 0.717) is 24.4 Å². The highest BCUT2D eigenvalue weighted by Crippen LogP contribution is 2.29. The van der Waals surface area contributed by atoms with Crippen molar-refractivity contribution >= 4 is 12.4 Å². The summed E-state index contributed by atoms with van der Waals surface area (Å²) in [6.07, 6.45) is -2.66. The number of aromatic amines is 1. The predicted molar refractivity (Wildman–Crippen MR) is 90.3 cm³/mol. The topological polar surface area (TPSA) is 53.9 Å². The average molecular weight is 372 g/mol. The van der Waals surface area contributed by atoms with Gasteiger partial charge >= 0.3 is 6.18 Å². The van der Waals surface area contributed by atoms with E-state index in [-0.39, 0.29) is 12.4 Å². The van der Waals surface area contributed by atoms with Gasteiger partial charge in [-0.2, -0.15) is 18.3 Å². The van der Waals surface area contributed by atoms with E-state index in [2.05, 4.69) is 15.5 Å². The SMILES string of the molecule is Cc1ccc(-c2[nH]ncc2CNCc2cccc(C(F)(F)F)c2)o1.Cl. The quantitative estimate of drug-likeness (QED) is 0.683. The van der Waals surface area contributed by atoms with Crippen LogP contribution in [0.15, 0.2) is 47.0 Å². The Hall–Kier alpha value is -2.25. The maximum absolute atomic E-state index is 12.7. The molecule has 0 aliphatic rings. The molecule has 0 fully saturated rings. The molecule has 2 N–H and O–H groups in total. The third-order valence-corrected chi connectivity index (χ3v) is 3.60. The Bertz CT molecular complexity index is 826. The number of halogens is 4. The van der Waals surface area contributed by atoms with E-state index in [1.54, 1.807) is 12.3 Å². The van der Waals surface area contributed by atoms with Crippen molar-refractivity contribution in [3.05, 3.63) is 65.0 Å². The molecule has 0 saturated carbocycles. The number of hydrogen-bond donors (Lipinski definition) is 2. The van der Waals surface area contributed by atoms with Gasteiger partial charge in [-0.05, 0) is 30.7 Å². The molecule has 0 aliphatic heterocycles. The lowest BCUT2D eigenvalue weighted by Crippen LogP contribution is -2.14. The van der Waals surface area contributed by atoms with Gasteiger partial charge in [-0.25, -0.2) is 0 Å². The minimum absolute atomic E-state index is 0. The Balaban J connectivity index is 0.00000225. The van der Waals surface area contributed by atoms with Crippen LogP contribution >= 0.6 is 12.4 Å². The highest BCUT2D eigenvalue weighted by molar-refractivity contribution is 5.85. The number of furan rings is 1. The van der Waals surface area contributed by atoms with E-state index in [9.17, 15) is 13.2 Å². The van der Waals surface area contributed by atoms with E-state index >= 15 is 0 Å². The summed E-state index contributed by atoms with van der Waals surface area (Å²) in [5, 5.41) is 10.0. The van der Waals surface area contributed by atoms with Crippen LogP contribution in [0.25, 0.3) is 11.5 Å². The number of rotatable bonds is 5. The first kappa shape index (κ1) is 19.1. The fourth-order valence-electron chi connectivity index (χ4n) is 2.43. The van der Waals surface area contributed by atoms with Crippen LogP contribution < -0.4 is 5.32 Å². The van der Waals surface area contributed by atoms with Crippen LogP contribution in [0.1, 0.15) is 22.5 Å². The molecule has 3 aromatic rings. The van der Waals surface area contributed by atoms with Gasteiger partial charge in [-0.3, -0.25) is 5.10 Å². The van der Waals surface area contributed by atoms with Crippen molar-refractivity contribution in [2.45, 2.75) is 26.2 Å². The van der Waals surface area contributed by atoms with Gasteiger partial charge in [0.1, 0.15) is 11.5 Å². The summed E-state index contributed by atoms with van der Waals surface area (Å²) < 4.78 is 43.7. The van der Waals surface area contributed by atoms with Crippen molar-refractivity contribution in [3.63, 3.8) is 0 Å². The van der Waals surface area contributed by atoms with E-state index in [1.807, 2.05) is 19.1 Å². The van der Waals surface area contributed by atoms with Gasteiger partial charge in [0.2, 0.25) is 0 Å². The van der Waals surface area contributed by atoms with Crippen molar-refractivity contribution in [1.29, 1.82) is 0 Å². The zero-order valence-electron chi connectivity index (χ0n) is 13.4. The molecule has 0 atom stereocenters. The normalized spacial score (nSPS) is 11.4. The average Bonchev–Trinajstić information content (AvgIpc) is 3.15. The van der Waals surface area contributed by atoms with Gasteiger partial charge in [0.25, 0.3) is 0 Å². The van der Waals surface area contributed by atoms with Crippen LogP contribution in [0.5, 0.6) is 0 Å². The second kappa shape index (κ2) is 7.76. The lowest BCUT2D eigenvalue weighted by atomic mass is 10.1. The first-order chi connectivity index (χ1) is 11.4. The molecule has 0 bridgehead atoms. The fraction of sp³-hybridized carbons (Fsp3) is 0.235. The van der Waals surface area contributed by atoms with Crippen molar-refractivity contribution in [1.82, 2.24) is 15.5 Å². The smallest absolute Gasteiger partial charge is 0.416 e. The van der Waals surface area contributed by atoms with Crippen molar-refractivity contribution in [2.24, 2.45) is 0 Å². The predicted octanol–water partition coefficient (Wildman–Crippen LogP) is 4.71. The second-order valence-corrected chi connectivity index (χ2v) is 5.48. The first-order valence-corrected chi connectivity index (χ1v) is 7.39. The third kappa shape index (κ3) is 4.64. The largest absolute Gasteiger partial charge is 0.460 e. The number of alkyl halides is 3. The van der Waals surface area contributed by atoms with Crippen LogP contribution in [0.4, 0.5) is 13.2 Å². The van der Waals surface area contributed by atoms with Crippen LogP contribution in [-0.2, 0) is 19.3 Å². The van der Waals surface area contributed by atoms with E-state index in [4.69, 9.17) is 4.42 Å². The number of H-pyrrole nitrogens is 1. The fourth-order valence-corrected chi connectivity index (χ4v) is 2.43. The number of benzene rings is 1. The second-order valence-electron chi connectivity index (χ2n) is 5.48. The standard InChI is InChI=1S/C17H16F3N3O.ClH/c1-11-5-6-15(24-11)16-13(10-22-23-16)9-21-8-12-3-2-4-14(7-12)17(18,19)20;/h2-7,10,21H,8-9H2,1H3,(H,22,23);1H. The molecular formula is C17H17ClF3N3O. The highest BCUT2D eigenvalue weighted by Gasteiger charge is 2.30. The Morgan fingerprint density at radius 2 is 1.96 bits per heavy atom. The monoisotopic (exact) mass is 371 g/mol. The number of nitrogens with zero attached hydrogens (tertiary/aromatic N) is 1. The van der Waals surface area contributed by atoms with Crippen LogP contribution in [0.3, 0.4) is 0 Å². The molecule has 0 spiro atoms. The summed E-state index contributed by atoms with van der Waals surface area (Å²) in [6, 6.07) is 8.99. The van der Waals surface area contributed by atoms with Crippen LogP contribution in [0.2, 0.25) is 0 Å². The van der Waals surface area contributed by atoms with Crippen molar-refractivity contribution in [3.8, 4) is 11.5 Å². The molecule has 25 heavy (non-hydrogen) atoms. The zero-order chi connectivity index (χ0) is 17.2. The minimum atomic E-state index is -4.33. The number of aromatic nitrogens is 2. The molecule has 134 valence electrons. The molecule has 0 saturated heterocycles. The lowest BCUT2D eigenvalue weighted by molar-refractivity contribution is -0.137. The molecule has 8 heteroatoms. The number of nitrogens with one attached hydrogen (secondary N) is 2. The molecule has 0 amide bonds. The maximum atomic E-state index is 12.7. The maximum Gasteiger partial charge on any atom is 0.416 e. The van der Waals surface area contributed by atoms with Crippen LogP contribution in [0, 0.1) is 6.92 Å². The molecule has 1 aromatic carbocycles. The molecule has 4 nitrogen and oxygen atoms in total. The van der Waals surface area contributed by atoms with Crippen molar-refractivity contribution in [2.75, 3.05) is 0 Å². The summed E-state index contributed by atoms with van der Waals surface area (Å²) in [7, 11) is 0. The number of aryl methyl sites for hydroxylation is 1. The molecule has 0 radical (unpaired) electrons. The van der Waals surface area contributed by atoms with Gasteiger partial charge in [-0.1, -0.05) is 18.2 Å². The molecule has 0 unspecified atom stereocenters. The lowest BCUT2D eigenvalue weighted by Gasteiger charge is -2.09.